The van der Waals surface area contributed by atoms with Gasteiger partial charge in [-0.2, -0.15) is 5.26 Å². The van der Waals surface area contributed by atoms with Crippen LogP contribution in [0.1, 0.15) is 150 Å². The second-order valence-corrected chi connectivity index (χ2v) is 16.0. The van der Waals surface area contributed by atoms with E-state index in [1.165, 1.54) is 43.4 Å². The molecule has 0 amide bonds. The van der Waals surface area contributed by atoms with Crippen molar-refractivity contribution in [2.24, 2.45) is 28.7 Å². The molecule has 8 heteroatoms. The highest BCUT2D eigenvalue weighted by Gasteiger charge is 2.37. The molecule has 5 rings (SSSR count). The number of carboxylic acids is 1. The van der Waals surface area contributed by atoms with E-state index in [1.807, 2.05) is 69.7 Å². The Kier molecular flexibility index (Phi) is 24.9. The molecule has 1 saturated carbocycles. The molecule has 1 fully saturated rings. The minimum Gasteiger partial charge on any atom is -0.478 e. The van der Waals surface area contributed by atoms with Gasteiger partial charge in [0.2, 0.25) is 5.88 Å². The molecule has 306 valence electrons. The normalized spacial score (nSPS) is 15.8. The summed E-state index contributed by atoms with van der Waals surface area (Å²) in [6.07, 6.45) is 11.9. The fraction of sp³-hybridized carbons (Fsp3) is 0.521. The van der Waals surface area contributed by atoms with Crippen molar-refractivity contribution in [2.45, 2.75) is 141 Å². The maximum atomic E-state index is 10.8. The number of thiazole rings is 1. The summed E-state index contributed by atoms with van der Waals surface area (Å²) >= 11 is 1.75. The molecule has 2 aromatic heterocycles. The van der Waals surface area contributed by atoms with Gasteiger partial charge in [-0.1, -0.05) is 99.6 Å². The van der Waals surface area contributed by atoms with E-state index < -0.39 is 5.97 Å². The van der Waals surface area contributed by atoms with Gasteiger partial charge in [-0.25, -0.2) is 9.78 Å². The van der Waals surface area contributed by atoms with Crippen LogP contribution in [0.3, 0.4) is 0 Å². The summed E-state index contributed by atoms with van der Waals surface area (Å²) in [4.78, 5) is 25.1. The average Bonchev–Trinajstić information content (AvgIpc) is 3.49. The van der Waals surface area contributed by atoms with Crippen LogP contribution < -0.4 is 4.74 Å². The van der Waals surface area contributed by atoms with Gasteiger partial charge in [0.1, 0.15) is 6.61 Å². The predicted octanol–water partition coefficient (Wildman–Crippen LogP) is 14.0. The SMILES string of the molecule is CC1C(C)C1C.CCC(C)CC(C)=Nc1ccc(C(=O)O)cc1C.CCCCC.CCCCc1cncs1.Cc1cccc(OCc2ccc(C#N)cc2C)n1. The Balaban J connectivity index is 0.000000382. The van der Waals surface area contributed by atoms with Gasteiger partial charge in [-0.05, 0) is 124 Å². The first-order chi connectivity index (χ1) is 26.7. The third-order valence-corrected chi connectivity index (χ3v) is 11.0. The van der Waals surface area contributed by atoms with E-state index in [4.69, 9.17) is 15.1 Å². The minimum atomic E-state index is -0.898. The van der Waals surface area contributed by atoms with Gasteiger partial charge < -0.3 is 9.84 Å². The van der Waals surface area contributed by atoms with Crippen LogP contribution in [0.15, 0.2) is 71.3 Å². The Hall–Kier alpha value is -4.35. The molecular formula is C48H70N4O3S. The highest BCUT2D eigenvalue weighted by atomic mass is 32.1. The number of nitrogens with zero attached hydrogens (tertiary/aromatic N) is 4. The summed E-state index contributed by atoms with van der Waals surface area (Å²) < 4.78 is 5.63. The zero-order chi connectivity index (χ0) is 42.0. The largest absolute Gasteiger partial charge is 0.478 e. The molecule has 0 aliphatic heterocycles. The minimum absolute atomic E-state index is 0.311. The van der Waals surface area contributed by atoms with Crippen molar-refractivity contribution in [2.75, 3.05) is 0 Å². The number of aryl methyl sites for hydroxylation is 4. The maximum absolute atomic E-state index is 10.8. The molecule has 1 atom stereocenters. The van der Waals surface area contributed by atoms with Crippen molar-refractivity contribution < 1.29 is 14.6 Å². The molecule has 0 radical (unpaired) electrons. The Labute approximate surface area is 343 Å². The van der Waals surface area contributed by atoms with Crippen LogP contribution in [0.5, 0.6) is 5.88 Å². The molecule has 7 nitrogen and oxygen atoms in total. The number of hydrogen-bond acceptors (Lipinski definition) is 7. The van der Waals surface area contributed by atoms with Gasteiger partial charge in [0.25, 0.3) is 0 Å². The van der Waals surface area contributed by atoms with Crippen molar-refractivity contribution in [1.82, 2.24) is 9.97 Å². The van der Waals surface area contributed by atoms with Crippen LogP contribution in [0.25, 0.3) is 0 Å². The van der Waals surface area contributed by atoms with E-state index >= 15 is 0 Å². The zero-order valence-electron chi connectivity index (χ0n) is 36.5. The highest BCUT2D eigenvalue weighted by Crippen LogP contribution is 2.44. The fourth-order valence-corrected chi connectivity index (χ4v) is 6.11. The molecule has 4 aromatic rings. The molecule has 2 aromatic carbocycles. The number of unbranched alkanes of at least 4 members (excludes halogenated alkanes) is 3. The second kappa shape index (κ2) is 28.1. The van der Waals surface area contributed by atoms with E-state index in [0.29, 0.717) is 29.5 Å². The van der Waals surface area contributed by atoms with Gasteiger partial charge in [-0.3, -0.25) is 9.98 Å². The Bertz CT molecular complexity index is 1740. The van der Waals surface area contributed by atoms with Gasteiger partial charge in [0.15, 0.2) is 0 Å². The number of pyridine rings is 1. The number of ether oxygens (including phenoxy) is 1. The lowest BCUT2D eigenvalue weighted by Crippen LogP contribution is -2.01. The van der Waals surface area contributed by atoms with Crippen molar-refractivity contribution in [3.05, 3.63) is 105 Å². The van der Waals surface area contributed by atoms with E-state index in [0.717, 1.165) is 64.4 Å². The standard InChI is InChI=1S/C15H14N2O.C15H21NO2.C7H11NS.C6H12.C5H12/c1-11-8-13(9-16)6-7-14(11)10-18-15-5-3-4-12(2)17-15;1-5-10(2)8-12(4)16-14-7-6-13(15(17)18)9-11(14)3;1-2-3-4-7-5-8-6-9-7;1-4-5(2)6(4)3;1-3-5-4-2/h3-8H,10H2,1-2H3;6-7,9-10H,5,8H2,1-4H3,(H,17,18);5-6H,2-4H2,1H3;4-6H,1-3H3;3-5H2,1-2H3. The average molecular weight is 783 g/mol. The number of aliphatic imine (C=N–C) groups is 1. The lowest BCUT2D eigenvalue weighted by molar-refractivity contribution is 0.0696. The lowest BCUT2D eigenvalue weighted by atomic mass is 10.0. The Morgan fingerprint density at radius 3 is 2.05 bits per heavy atom. The zero-order valence-corrected chi connectivity index (χ0v) is 37.3. The molecule has 0 saturated heterocycles. The maximum Gasteiger partial charge on any atom is 0.335 e. The number of benzene rings is 2. The number of aromatic carboxylic acids is 1. The molecule has 0 bridgehead atoms. The fourth-order valence-electron chi connectivity index (χ4n) is 5.47. The van der Waals surface area contributed by atoms with Crippen LogP contribution in [0.2, 0.25) is 0 Å². The van der Waals surface area contributed by atoms with Crippen LogP contribution in [-0.2, 0) is 13.0 Å². The molecule has 1 aliphatic carbocycles. The quantitative estimate of drug-likeness (QED) is 0.135. The number of nitriles is 1. The van der Waals surface area contributed by atoms with Crippen LogP contribution >= 0.6 is 11.3 Å². The Morgan fingerprint density at radius 1 is 0.929 bits per heavy atom. The van der Waals surface area contributed by atoms with Crippen LogP contribution in [0.4, 0.5) is 5.69 Å². The molecule has 2 heterocycles. The third-order valence-electron chi connectivity index (χ3n) is 10.1. The monoisotopic (exact) mass is 783 g/mol. The number of carboxylic acid groups (broad SMARTS) is 1. The second-order valence-electron chi connectivity index (χ2n) is 15.0. The summed E-state index contributed by atoms with van der Waals surface area (Å²) in [5, 5.41) is 17.7. The summed E-state index contributed by atoms with van der Waals surface area (Å²) in [5.41, 5.74) is 8.79. The molecule has 56 heavy (non-hydrogen) atoms. The van der Waals surface area contributed by atoms with E-state index in [-0.39, 0.29) is 0 Å². The first kappa shape index (κ1) is 49.7. The lowest BCUT2D eigenvalue weighted by Gasteiger charge is -2.08. The van der Waals surface area contributed by atoms with Crippen molar-refractivity contribution in [3.63, 3.8) is 0 Å². The first-order valence-corrected chi connectivity index (χ1v) is 21.4. The number of hydrogen-bond donors (Lipinski definition) is 1. The Morgan fingerprint density at radius 2 is 1.59 bits per heavy atom. The number of aromatic nitrogens is 2. The third kappa shape index (κ3) is 20.5. The van der Waals surface area contributed by atoms with Gasteiger partial charge in [-0.15, -0.1) is 11.3 Å². The number of rotatable bonds is 13. The number of carbonyl (C=O) groups is 1. The van der Waals surface area contributed by atoms with Crippen molar-refractivity contribution in [1.29, 1.82) is 5.26 Å². The van der Waals surface area contributed by atoms with Gasteiger partial charge in [0, 0.05) is 28.5 Å². The molecular weight excluding hydrogens is 713 g/mol. The predicted molar refractivity (Wildman–Crippen MR) is 238 cm³/mol. The molecule has 0 spiro atoms. The van der Waals surface area contributed by atoms with Crippen LogP contribution in [-0.4, -0.2) is 26.8 Å². The summed E-state index contributed by atoms with van der Waals surface area (Å²) in [6, 6.07) is 18.4. The van der Waals surface area contributed by atoms with E-state index in [9.17, 15) is 4.79 Å². The van der Waals surface area contributed by atoms with E-state index in [2.05, 4.69) is 76.4 Å². The van der Waals surface area contributed by atoms with Gasteiger partial charge >= 0.3 is 5.97 Å². The van der Waals surface area contributed by atoms with E-state index in [1.54, 1.807) is 35.6 Å². The van der Waals surface area contributed by atoms with Crippen LogP contribution in [0, 0.1) is 55.8 Å². The molecule has 1 unspecified atom stereocenters. The molecule has 1 N–H and O–H groups in total. The first-order valence-electron chi connectivity index (χ1n) is 20.5. The smallest absolute Gasteiger partial charge is 0.335 e. The van der Waals surface area contributed by atoms with Gasteiger partial charge in [0.05, 0.1) is 28.4 Å². The summed E-state index contributed by atoms with van der Waals surface area (Å²) in [7, 11) is 0. The topological polar surface area (TPSA) is 108 Å². The van der Waals surface area contributed by atoms with Crippen molar-refractivity contribution >= 4 is 28.7 Å². The summed E-state index contributed by atoms with van der Waals surface area (Å²) in [5.74, 6) is 3.41. The summed E-state index contributed by atoms with van der Waals surface area (Å²) in [6.45, 7) is 26.2. The molecule has 1 aliphatic rings. The van der Waals surface area contributed by atoms with Crippen molar-refractivity contribution in [3.8, 4) is 11.9 Å². The highest BCUT2D eigenvalue weighted by molar-refractivity contribution is 7.09.